The number of rotatable bonds is 4. The van der Waals surface area contributed by atoms with Crippen LogP contribution in [0, 0.1) is 10.1 Å². The minimum absolute atomic E-state index is 0.0652. The van der Waals surface area contributed by atoms with Crippen LogP contribution in [0.25, 0.3) is 0 Å². The van der Waals surface area contributed by atoms with Gasteiger partial charge in [0.1, 0.15) is 5.56 Å². The van der Waals surface area contributed by atoms with E-state index in [9.17, 15) is 19.7 Å². The van der Waals surface area contributed by atoms with Crippen molar-refractivity contribution in [2.75, 3.05) is 19.4 Å². The maximum atomic E-state index is 12.3. The van der Waals surface area contributed by atoms with Gasteiger partial charge < -0.3 is 10.2 Å². The smallest absolute Gasteiger partial charge is 0.282 e. The van der Waals surface area contributed by atoms with Gasteiger partial charge in [-0.2, -0.15) is 0 Å². The predicted octanol–water partition coefficient (Wildman–Crippen LogP) is 2.55. The lowest BCUT2D eigenvalue weighted by Gasteiger charge is -2.14. The van der Waals surface area contributed by atoms with E-state index in [1.165, 1.54) is 23.1 Å². The van der Waals surface area contributed by atoms with Crippen LogP contribution in [0.15, 0.2) is 48.5 Å². The minimum atomic E-state index is -0.642. The number of carbonyl (C=O) groups excluding carboxylic acids is 2. The Morgan fingerprint density at radius 3 is 2.17 bits per heavy atom. The van der Waals surface area contributed by atoms with E-state index >= 15 is 0 Å². The molecule has 118 valence electrons. The molecule has 2 amide bonds. The van der Waals surface area contributed by atoms with Gasteiger partial charge >= 0.3 is 0 Å². The standard InChI is InChI=1S/C16H15N3O4/c1-18(2)16(21)11-7-3-5-9-13(11)17-15(20)12-8-4-6-10-14(12)19(22)23/h3-10H,1-2H3,(H,17,20). The Hall–Kier alpha value is -3.22. The Labute approximate surface area is 132 Å². The third-order valence-corrected chi connectivity index (χ3v) is 3.16. The number of amides is 2. The summed E-state index contributed by atoms with van der Waals surface area (Å²) >= 11 is 0. The summed E-state index contributed by atoms with van der Waals surface area (Å²) in [4.78, 5) is 36.2. The van der Waals surface area contributed by atoms with E-state index in [4.69, 9.17) is 0 Å². The summed E-state index contributed by atoms with van der Waals surface area (Å²) < 4.78 is 0. The Kier molecular flexibility index (Phi) is 4.70. The van der Waals surface area contributed by atoms with E-state index in [0.717, 1.165) is 0 Å². The molecule has 0 aliphatic carbocycles. The monoisotopic (exact) mass is 313 g/mol. The van der Waals surface area contributed by atoms with Crippen LogP contribution >= 0.6 is 0 Å². The fourth-order valence-electron chi connectivity index (χ4n) is 2.03. The van der Waals surface area contributed by atoms with Crippen molar-refractivity contribution in [3.8, 4) is 0 Å². The van der Waals surface area contributed by atoms with E-state index in [1.54, 1.807) is 44.4 Å². The SMILES string of the molecule is CN(C)C(=O)c1ccccc1NC(=O)c1ccccc1[N+](=O)[O-]. The second-order valence-corrected chi connectivity index (χ2v) is 4.97. The average Bonchev–Trinajstić information content (AvgIpc) is 2.54. The number of benzene rings is 2. The summed E-state index contributed by atoms with van der Waals surface area (Å²) in [6, 6.07) is 12.1. The molecule has 7 nitrogen and oxygen atoms in total. The number of nitro groups is 1. The minimum Gasteiger partial charge on any atom is -0.345 e. The summed E-state index contributed by atoms with van der Waals surface area (Å²) in [5.74, 6) is -0.917. The Morgan fingerprint density at radius 2 is 1.57 bits per heavy atom. The molecule has 1 N–H and O–H groups in total. The van der Waals surface area contributed by atoms with Crippen LogP contribution in [0.3, 0.4) is 0 Å². The zero-order valence-electron chi connectivity index (χ0n) is 12.6. The Balaban J connectivity index is 2.36. The van der Waals surface area contributed by atoms with Crippen molar-refractivity contribution in [1.29, 1.82) is 0 Å². The van der Waals surface area contributed by atoms with Gasteiger partial charge in [-0.05, 0) is 18.2 Å². The van der Waals surface area contributed by atoms with Gasteiger partial charge in [-0.3, -0.25) is 19.7 Å². The van der Waals surface area contributed by atoms with Crippen LogP contribution in [0.5, 0.6) is 0 Å². The normalized spacial score (nSPS) is 10.0. The number of hydrogen-bond donors (Lipinski definition) is 1. The summed E-state index contributed by atoms with van der Waals surface area (Å²) in [7, 11) is 3.20. The molecule has 0 unspecified atom stereocenters. The second kappa shape index (κ2) is 6.69. The van der Waals surface area contributed by atoms with E-state index in [1.807, 2.05) is 0 Å². The highest BCUT2D eigenvalue weighted by Crippen LogP contribution is 2.21. The van der Waals surface area contributed by atoms with Crippen LogP contribution in [-0.4, -0.2) is 35.7 Å². The summed E-state index contributed by atoms with van der Waals surface area (Å²) in [6.45, 7) is 0. The molecule has 0 aliphatic heterocycles. The number of nitrogens with zero attached hydrogens (tertiary/aromatic N) is 2. The number of anilines is 1. The zero-order valence-corrected chi connectivity index (χ0v) is 12.6. The van der Waals surface area contributed by atoms with Gasteiger partial charge in [-0.1, -0.05) is 24.3 Å². The maximum absolute atomic E-state index is 12.3. The molecule has 0 radical (unpaired) electrons. The Bertz CT molecular complexity index is 771. The van der Waals surface area contributed by atoms with Crippen molar-refractivity contribution >= 4 is 23.2 Å². The van der Waals surface area contributed by atoms with Gasteiger partial charge in [-0.15, -0.1) is 0 Å². The summed E-state index contributed by atoms with van der Waals surface area (Å²) in [5.41, 5.74) is 0.254. The van der Waals surface area contributed by atoms with Crippen molar-refractivity contribution < 1.29 is 14.5 Å². The number of nitro benzene ring substituents is 1. The van der Waals surface area contributed by atoms with Crippen molar-refractivity contribution in [2.45, 2.75) is 0 Å². The molecule has 0 heterocycles. The lowest BCUT2D eigenvalue weighted by Crippen LogP contribution is -2.24. The Morgan fingerprint density at radius 1 is 1.00 bits per heavy atom. The molecule has 0 aromatic heterocycles. The lowest BCUT2D eigenvalue weighted by molar-refractivity contribution is -0.385. The van der Waals surface area contributed by atoms with E-state index in [-0.39, 0.29) is 17.2 Å². The third-order valence-electron chi connectivity index (χ3n) is 3.16. The van der Waals surface area contributed by atoms with Gasteiger partial charge in [0.25, 0.3) is 17.5 Å². The molecule has 7 heteroatoms. The first-order valence-electron chi connectivity index (χ1n) is 6.77. The first kappa shape index (κ1) is 16.2. The molecule has 2 aromatic rings. The molecule has 0 saturated heterocycles. The second-order valence-electron chi connectivity index (χ2n) is 4.97. The first-order chi connectivity index (χ1) is 10.9. The van der Waals surface area contributed by atoms with Crippen molar-refractivity contribution in [3.63, 3.8) is 0 Å². The highest BCUT2D eigenvalue weighted by Gasteiger charge is 2.21. The highest BCUT2D eigenvalue weighted by molar-refractivity contribution is 6.10. The number of para-hydroxylation sites is 2. The molecule has 2 aromatic carbocycles. The molecular formula is C16H15N3O4. The molecular weight excluding hydrogens is 298 g/mol. The summed E-state index contributed by atoms with van der Waals surface area (Å²) in [5, 5.41) is 13.6. The topological polar surface area (TPSA) is 92.6 Å². The molecule has 2 rings (SSSR count). The van der Waals surface area contributed by atoms with Gasteiger partial charge in [-0.25, -0.2) is 0 Å². The molecule has 0 bridgehead atoms. The van der Waals surface area contributed by atoms with Crippen molar-refractivity contribution in [3.05, 3.63) is 69.8 Å². The lowest BCUT2D eigenvalue weighted by atomic mass is 10.1. The molecule has 0 fully saturated rings. The maximum Gasteiger partial charge on any atom is 0.282 e. The number of carbonyl (C=O) groups is 2. The fourth-order valence-corrected chi connectivity index (χ4v) is 2.03. The van der Waals surface area contributed by atoms with E-state index in [2.05, 4.69) is 5.32 Å². The van der Waals surface area contributed by atoms with Gasteiger partial charge in [0.15, 0.2) is 0 Å². The highest BCUT2D eigenvalue weighted by atomic mass is 16.6. The van der Waals surface area contributed by atoms with E-state index in [0.29, 0.717) is 11.3 Å². The summed E-state index contributed by atoms with van der Waals surface area (Å²) in [6.07, 6.45) is 0. The zero-order chi connectivity index (χ0) is 17.0. The first-order valence-corrected chi connectivity index (χ1v) is 6.77. The van der Waals surface area contributed by atoms with Crippen LogP contribution in [0.2, 0.25) is 0 Å². The third kappa shape index (κ3) is 3.52. The largest absolute Gasteiger partial charge is 0.345 e. The average molecular weight is 313 g/mol. The van der Waals surface area contributed by atoms with Crippen LogP contribution in [-0.2, 0) is 0 Å². The fraction of sp³-hybridized carbons (Fsp3) is 0.125. The van der Waals surface area contributed by atoms with Crippen LogP contribution in [0.1, 0.15) is 20.7 Å². The van der Waals surface area contributed by atoms with Crippen molar-refractivity contribution in [2.24, 2.45) is 0 Å². The van der Waals surface area contributed by atoms with Crippen molar-refractivity contribution in [1.82, 2.24) is 4.90 Å². The van der Waals surface area contributed by atoms with Crippen LogP contribution < -0.4 is 5.32 Å². The molecule has 23 heavy (non-hydrogen) atoms. The molecule has 0 atom stereocenters. The van der Waals surface area contributed by atoms with Gasteiger partial charge in [0.2, 0.25) is 0 Å². The number of nitrogens with one attached hydrogen (secondary N) is 1. The van der Waals surface area contributed by atoms with E-state index < -0.39 is 10.8 Å². The van der Waals surface area contributed by atoms with Crippen LogP contribution in [0.4, 0.5) is 11.4 Å². The molecule has 0 spiro atoms. The molecule has 0 aliphatic rings. The van der Waals surface area contributed by atoms with Gasteiger partial charge in [0.05, 0.1) is 16.2 Å². The quantitative estimate of drug-likeness (QED) is 0.693. The predicted molar refractivity (Wildman–Crippen MR) is 85.5 cm³/mol. The number of hydrogen-bond acceptors (Lipinski definition) is 4. The molecule has 0 saturated carbocycles. The van der Waals surface area contributed by atoms with Gasteiger partial charge in [0, 0.05) is 20.2 Å².